The molecule has 11 heteroatoms. The molecule has 5 rings (SSSR count). The first-order chi connectivity index (χ1) is 17.7. The fourth-order valence-electron chi connectivity index (χ4n) is 6.77. The summed E-state index contributed by atoms with van der Waals surface area (Å²) in [5.74, 6) is -1.23. The van der Waals surface area contributed by atoms with E-state index in [4.69, 9.17) is 23.4 Å². The molecule has 0 spiro atoms. The second kappa shape index (κ2) is 10.1. The van der Waals surface area contributed by atoms with Crippen molar-refractivity contribution >= 4 is 11.9 Å². The molecule has 0 bridgehead atoms. The summed E-state index contributed by atoms with van der Waals surface area (Å²) in [6.07, 6.45) is -2.79. The molecule has 1 aromatic rings. The predicted octanol–water partition coefficient (Wildman–Crippen LogP) is 0.749. The maximum atomic E-state index is 13.1. The number of hydrogen-bond acceptors (Lipinski definition) is 11. The molecule has 10 atom stereocenters. The molecule has 4 aliphatic rings. The van der Waals surface area contributed by atoms with E-state index >= 15 is 0 Å². The molecular weight excluding hydrogens is 488 g/mol. The number of aliphatic hydroxyl groups is 4. The van der Waals surface area contributed by atoms with Crippen LogP contribution in [0.4, 0.5) is 0 Å². The summed E-state index contributed by atoms with van der Waals surface area (Å²) in [7, 11) is 1.28. The molecule has 4 N–H and O–H groups in total. The minimum atomic E-state index is -1.59. The fraction of sp³-hybridized carbons (Fsp3) is 0.692. The Morgan fingerprint density at radius 3 is 2.59 bits per heavy atom. The second-order valence-electron chi connectivity index (χ2n) is 10.7. The van der Waals surface area contributed by atoms with E-state index in [0.29, 0.717) is 37.7 Å². The first-order valence-corrected chi connectivity index (χ1v) is 12.7. The number of furan rings is 1. The molecule has 2 saturated heterocycles. The molecule has 3 heterocycles. The van der Waals surface area contributed by atoms with Crippen molar-refractivity contribution in [3.05, 3.63) is 35.3 Å². The third-order valence-electron chi connectivity index (χ3n) is 8.74. The van der Waals surface area contributed by atoms with E-state index in [1.165, 1.54) is 7.11 Å². The van der Waals surface area contributed by atoms with Crippen LogP contribution in [0.25, 0.3) is 0 Å². The van der Waals surface area contributed by atoms with E-state index in [1.807, 2.05) is 0 Å². The predicted molar refractivity (Wildman–Crippen MR) is 123 cm³/mol. The molecule has 3 fully saturated rings. The van der Waals surface area contributed by atoms with E-state index in [1.54, 1.807) is 18.6 Å². The standard InChI is InChI=1S/C26H34O11/c1-26-9-17(12-7-8-34-11-12)35-23(31)15(26)4-3-13-14(26)5-6-16(19(13)24(32)33-2)36-25-22(30)21(29)20(28)18(10-27)37-25/h7-8,11,14-18,20-22,25,27-30H,3-6,9-10H2,1-2H3. The number of cyclic esters (lactones) is 1. The van der Waals surface area contributed by atoms with E-state index in [9.17, 15) is 30.0 Å². The van der Waals surface area contributed by atoms with Crippen LogP contribution in [0.2, 0.25) is 0 Å². The number of carbonyl (C=O) groups excluding carboxylic acids is 2. The number of carbonyl (C=O) groups is 2. The largest absolute Gasteiger partial charge is 0.472 e. The lowest BCUT2D eigenvalue weighted by atomic mass is 9.53. The number of esters is 2. The Balaban J connectivity index is 1.46. The van der Waals surface area contributed by atoms with Crippen LogP contribution in [0.1, 0.15) is 50.7 Å². The number of hydrogen-bond donors (Lipinski definition) is 4. The number of allylic oxidation sites excluding steroid dienone is 1. The van der Waals surface area contributed by atoms with Crippen molar-refractivity contribution in [1.29, 1.82) is 0 Å². The van der Waals surface area contributed by atoms with Gasteiger partial charge in [-0.2, -0.15) is 0 Å². The zero-order chi connectivity index (χ0) is 26.5. The average molecular weight is 523 g/mol. The van der Waals surface area contributed by atoms with Crippen LogP contribution < -0.4 is 0 Å². The number of aliphatic hydroxyl groups excluding tert-OH is 4. The summed E-state index contributed by atoms with van der Waals surface area (Å²) in [6, 6.07) is 1.78. The van der Waals surface area contributed by atoms with Crippen LogP contribution in [-0.2, 0) is 28.5 Å². The van der Waals surface area contributed by atoms with Gasteiger partial charge in [0.2, 0.25) is 0 Å². The smallest absolute Gasteiger partial charge is 0.336 e. The Bertz CT molecular complexity index is 1030. The topological polar surface area (TPSA) is 165 Å². The summed E-state index contributed by atoms with van der Waals surface area (Å²) in [5.41, 5.74) is 1.50. The van der Waals surface area contributed by atoms with E-state index in [-0.39, 0.29) is 17.8 Å². The lowest BCUT2D eigenvalue weighted by molar-refractivity contribution is -0.309. The van der Waals surface area contributed by atoms with Crippen molar-refractivity contribution in [2.45, 2.75) is 81.9 Å². The maximum Gasteiger partial charge on any atom is 0.336 e. The third kappa shape index (κ3) is 4.41. The molecule has 1 saturated carbocycles. The third-order valence-corrected chi connectivity index (χ3v) is 8.74. The van der Waals surface area contributed by atoms with Crippen LogP contribution >= 0.6 is 0 Å². The molecular formula is C26H34O11. The highest BCUT2D eigenvalue weighted by Gasteiger charge is 2.57. The van der Waals surface area contributed by atoms with E-state index < -0.39 is 60.9 Å². The van der Waals surface area contributed by atoms with Gasteiger partial charge in [0.25, 0.3) is 0 Å². The van der Waals surface area contributed by atoms with Gasteiger partial charge in [0, 0.05) is 5.56 Å². The molecule has 1 aromatic heterocycles. The highest BCUT2D eigenvalue weighted by molar-refractivity contribution is 5.91. The van der Waals surface area contributed by atoms with Gasteiger partial charge >= 0.3 is 11.9 Å². The van der Waals surface area contributed by atoms with Gasteiger partial charge in [-0.3, -0.25) is 4.79 Å². The van der Waals surface area contributed by atoms with Crippen molar-refractivity contribution in [1.82, 2.24) is 0 Å². The summed E-state index contributed by atoms with van der Waals surface area (Å²) >= 11 is 0. The Morgan fingerprint density at radius 2 is 1.92 bits per heavy atom. The van der Waals surface area contributed by atoms with Crippen LogP contribution in [0.15, 0.2) is 34.2 Å². The number of fused-ring (bicyclic) bond motifs is 3. The average Bonchev–Trinajstić information content (AvgIpc) is 3.43. The fourth-order valence-corrected chi connectivity index (χ4v) is 6.77. The number of methoxy groups -OCH3 is 1. The van der Waals surface area contributed by atoms with Gasteiger partial charge in [-0.05, 0) is 49.5 Å². The number of ether oxygens (including phenoxy) is 4. The molecule has 2 aliphatic carbocycles. The second-order valence-corrected chi connectivity index (χ2v) is 10.7. The highest BCUT2D eigenvalue weighted by Crippen LogP contribution is 2.59. The van der Waals surface area contributed by atoms with Crippen molar-refractivity contribution in [2.24, 2.45) is 17.3 Å². The normalized spacial score (nSPS) is 42.0. The monoisotopic (exact) mass is 522 g/mol. The molecule has 0 radical (unpaired) electrons. The van der Waals surface area contributed by atoms with Gasteiger partial charge in [-0.15, -0.1) is 0 Å². The minimum absolute atomic E-state index is 0.0998. The van der Waals surface area contributed by atoms with Crippen molar-refractivity contribution in [3.63, 3.8) is 0 Å². The van der Waals surface area contributed by atoms with Crippen LogP contribution in [0.5, 0.6) is 0 Å². The van der Waals surface area contributed by atoms with Crippen molar-refractivity contribution in [3.8, 4) is 0 Å². The minimum Gasteiger partial charge on any atom is -0.472 e. The van der Waals surface area contributed by atoms with Crippen LogP contribution in [0.3, 0.4) is 0 Å². The molecule has 0 aromatic carbocycles. The van der Waals surface area contributed by atoms with E-state index in [2.05, 4.69) is 6.92 Å². The van der Waals surface area contributed by atoms with Crippen LogP contribution in [0, 0.1) is 17.3 Å². The zero-order valence-corrected chi connectivity index (χ0v) is 20.8. The summed E-state index contributed by atoms with van der Waals surface area (Å²) < 4.78 is 27.7. The Labute approximate surface area is 213 Å². The summed E-state index contributed by atoms with van der Waals surface area (Å²) in [4.78, 5) is 26.1. The highest BCUT2D eigenvalue weighted by atomic mass is 16.7. The zero-order valence-electron chi connectivity index (χ0n) is 20.8. The molecule has 204 valence electrons. The first-order valence-electron chi connectivity index (χ1n) is 12.7. The Kier molecular flexibility index (Phi) is 7.20. The van der Waals surface area contributed by atoms with Gasteiger partial charge < -0.3 is 43.8 Å². The van der Waals surface area contributed by atoms with Gasteiger partial charge in [-0.1, -0.05) is 12.5 Å². The lowest BCUT2D eigenvalue weighted by Gasteiger charge is -2.54. The van der Waals surface area contributed by atoms with Gasteiger partial charge in [0.05, 0.1) is 43.8 Å². The van der Waals surface area contributed by atoms with Gasteiger partial charge in [-0.25, -0.2) is 4.79 Å². The Hall–Kier alpha value is -2.28. The van der Waals surface area contributed by atoms with Gasteiger partial charge in [0.1, 0.15) is 30.5 Å². The van der Waals surface area contributed by atoms with Gasteiger partial charge in [0.15, 0.2) is 6.29 Å². The lowest BCUT2D eigenvalue weighted by Crippen LogP contribution is -2.60. The van der Waals surface area contributed by atoms with Crippen LogP contribution in [-0.4, -0.2) is 82.9 Å². The quantitative estimate of drug-likeness (QED) is 0.403. The molecule has 37 heavy (non-hydrogen) atoms. The SMILES string of the molecule is COC(=O)C1=C2CCC3C(=O)OC(c4ccoc4)CC3(C)C2CCC1OC1OC(CO)C(O)C(O)C1O. The summed E-state index contributed by atoms with van der Waals surface area (Å²) in [5, 5.41) is 40.2. The summed E-state index contributed by atoms with van der Waals surface area (Å²) in [6.45, 7) is 1.48. The molecule has 0 amide bonds. The van der Waals surface area contributed by atoms with E-state index in [0.717, 1.165) is 11.1 Å². The molecule has 10 unspecified atom stereocenters. The Morgan fingerprint density at radius 1 is 1.14 bits per heavy atom. The molecule has 11 nitrogen and oxygen atoms in total. The maximum absolute atomic E-state index is 13.1. The number of rotatable bonds is 5. The first kappa shape index (κ1) is 26.3. The molecule has 2 aliphatic heterocycles. The van der Waals surface area contributed by atoms with Crippen molar-refractivity contribution in [2.75, 3.05) is 13.7 Å². The van der Waals surface area contributed by atoms with Crippen molar-refractivity contribution < 1.29 is 53.4 Å².